The summed E-state index contributed by atoms with van der Waals surface area (Å²) in [6.45, 7) is 4.74. The number of hydrogen-bond donors (Lipinski definition) is 2. The molecule has 23 heavy (non-hydrogen) atoms. The van der Waals surface area contributed by atoms with Crippen LogP contribution in [0.5, 0.6) is 0 Å². The average molecular weight is 331 g/mol. The summed E-state index contributed by atoms with van der Waals surface area (Å²) in [4.78, 5) is 2.16. The van der Waals surface area contributed by atoms with Crippen LogP contribution < -0.4 is 10.6 Å². The molecule has 6 heteroatoms. The summed E-state index contributed by atoms with van der Waals surface area (Å²) in [6, 6.07) is 10.4. The number of thiocarbonyl (C=S) groups is 1. The van der Waals surface area contributed by atoms with Gasteiger partial charge in [0.1, 0.15) is 0 Å². The van der Waals surface area contributed by atoms with Gasteiger partial charge >= 0.3 is 0 Å². The smallest absolute Gasteiger partial charge is 0.171 e. The highest BCUT2D eigenvalue weighted by Crippen LogP contribution is 2.08. The van der Waals surface area contributed by atoms with E-state index in [1.807, 2.05) is 16.9 Å². The molecule has 0 radical (unpaired) electrons. The van der Waals surface area contributed by atoms with Gasteiger partial charge in [0.2, 0.25) is 0 Å². The summed E-state index contributed by atoms with van der Waals surface area (Å²) in [5.41, 5.74) is 2.50. The largest absolute Gasteiger partial charge is 0.362 e. The Morgan fingerprint density at radius 1 is 1.22 bits per heavy atom. The maximum Gasteiger partial charge on any atom is 0.171 e. The van der Waals surface area contributed by atoms with Crippen molar-refractivity contribution in [3.8, 4) is 0 Å². The Kier molecular flexibility index (Phi) is 6.55. The van der Waals surface area contributed by atoms with E-state index in [4.69, 9.17) is 12.2 Å². The zero-order valence-corrected chi connectivity index (χ0v) is 14.9. The van der Waals surface area contributed by atoms with Crippen molar-refractivity contribution in [2.24, 2.45) is 0 Å². The molecule has 5 nitrogen and oxygen atoms in total. The molecule has 2 N–H and O–H groups in total. The van der Waals surface area contributed by atoms with E-state index in [0.717, 1.165) is 31.9 Å². The topological polar surface area (TPSA) is 45.1 Å². The first-order chi connectivity index (χ1) is 11.0. The molecule has 0 fully saturated rings. The monoisotopic (exact) mass is 331 g/mol. The van der Waals surface area contributed by atoms with Crippen LogP contribution in [0, 0.1) is 6.92 Å². The Morgan fingerprint density at radius 3 is 2.65 bits per heavy atom. The molecule has 0 saturated carbocycles. The summed E-state index contributed by atoms with van der Waals surface area (Å²) in [7, 11) is 4.13. The van der Waals surface area contributed by atoms with Gasteiger partial charge in [0.05, 0.1) is 6.54 Å². The van der Waals surface area contributed by atoms with Gasteiger partial charge in [-0.1, -0.05) is 29.8 Å². The van der Waals surface area contributed by atoms with Gasteiger partial charge in [-0.25, -0.2) is 0 Å². The molecule has 0 unspecified atom stereocenters. The molecule has 0 amide bonds. The second-order valence-electron chi connectivity index (χ2n) is 5.92. The van der Waals surface area contributed by atoms with E-state index in [-0.39, 0.29) is 0 Å². The Bertz CT molecular complexity index is 618. The van der Waals surface area contributed by atoms with Gasteiger partial charge in [0, 0.05) is 18.8 Å². The van der Waals surface area contributed by atoms with E-state index >= 15 is 0 Å². The molecule has 0 bridgehead atoms. The standard InChI is InChI=1S/C17H25N5S/c1-14-5-7-15(8-6-14)13-22-12-9-16(20-22)19-17(23)18-10-4-11-21(2)3/h5-9,12H,4,10-11,13H2,1-3H3,(H2,18,19,20,23). The van der Waals surface area contributed by atoms with Crippen molar-refractivity contribution >= 4 is 23.1 Å². The van der Waals surface area contributed by atoms with Crippen molar-refractivity contribution in [2.45, 2.75) is 19.9 Å². The van der Waals surface area contributed by atoms with Crippen LogP contribution >= 0.6 is 12.2 Å². The van der Waals surface area contributed by atoms with Crippen LogP contribution in [-0.4, -0.2) is 47.0 Å². The quantitative estimate of drug-likeness (QED) is 0.603. The van der Waals surface area contributed by atoms with E-state index in [1.54, 1.807) is 0 Å². The number of rotatable bonds is 7. The number of hydrogen-bond acceptors (Lipinski definition) is 3. The predicted molar refractivity (Wildman–Crippen MR) is 99.9 cm³/mol. The molecule has 0 aliphatic rings. The molecule has 2 aromatic rings. The molecule has 0 aliphatic heterocycles. The first-order valence-electron chi connectivity index (χ1n) is 7.81. The van der Waals surface area contributed by atoms with Crippen LogP contribution in [0.15, 0.2) is 36.5 Å². The second kappa shape index (κ2) is 8.64. The zero-order valence-electron chi connectivity index (χ0n) is 14.0. The van der Waals surface area contributed by atoms with Crippen molar-refractivity contribution in [1.82, 2.24) is 20.0 Å². The third-order valence-electron chi connectivity index (χ3n) is 3.42. The van der Waals surface area contributed by atoms with Crippen molar-refractivity contribution in [1.29, 1.82) is 0 Å². The number of nitrogens with zero attached hydrogens (tertiary/aromatic N) is 3. The lowest BCUT2D eigenvalue weighted by Crippen LogP contribution is -2.31. The van der Waals surface area contributed by atoms with Crippen molar-refractivity contribution < 1.29 is 0 Å². The van der Waals surface area contributed by atoms with Crippen molar-refractivity contribution in [2.75, 3.05) is 32.5 Å². The highest BCUT2D eigenvalue weighted by Gasteiger charge is 2.02. The van der Waals surface area contributed by atoms with E-state index in [1.165, 1.54) is 11.1 Å². The SMILES string of the molecule is Cc1ccc(Cn2ccc(NC(=S)NCCCN(C)C)n2)cc1. The summed E-state index contributed by atoms with van der Waals surface area (Å²) < 4.78 is 1.90. The molecular formula is C17H25N5S. The Balaban J connectivity index is 1.77. The number of nitrogens with one attached hydrogen (secondary N) is 2. The van der Waals surface area contributed by atoms with Crippen LogP contribution in [-0.2, 0) is 6.54 Å². The molecule has 1 aromatic carbocycles. The lowest BCUT2D eigenvalue weighted by molar-refractivity contribution is 0.400. The van der Waals surface area contributed by atoms with Crippen molar-refractivity contribution in [3.63, 3.8) is 0 Å². The lowest BCUT2D eigenvalue weighted by Gasteiger charge is -2.11. The van der Waals surface area contributed by atoms with Gasteiger partial charge in [-0.15, -0.1) is 0 Å². The second-order valence-corrected chi connectivity index (χ2v) is 6.33. The molecule has 0 atom stereocenters. The van der Waals surface area contributed by atoms with Gasteiger partial charge < -0.3 is 15.5 Å². The van der Waals surface area contributed by atoms with Crippen LogP contribution in [0.4, 0.5) is 5.82 Å². The maximum absolute atomic E-state index is 5.28. The molecule has 0 spiro atoms. The first kappa shape index (κ1) is 17.4. The number of benzene rings is 1. The molecular weight excluding hydrogens is 306 g/mol. The predicted octanol–water partition coefficient (Wildman–Crippen LogP) is 2.48. The third-order valence-corrected chi connectivity index (χ3v) is 3.66. The Labute approximate surface area is 143 Å². The first-order valence-corrected chi connectivity index (χ1v) is 8.22. The number of aromatic nitrogens is 2. The average Bonchev–Trinajstić information content (AvgIpc) is 2.93. The highest BCUT2D eigenvalue weighted by molar-refractivity contribution is 7.80. The van der Waals surface area contributed by atoms with Crippen LogP contribution in [0.25, 0.3) is 0 Å². The maximum atomic E-state index is 5.28. The van der Waals surface area contributed by atoms with Crippen LogP contribution in [0.1, 0.15) is 17.5 Å². The Hall–Kier alpha value is -1.92. The summed E-state index contributed by atoms with van der Waals surface area (Å²) in [5.74, 6) is 0.766. The van der Waals surface area contributed by atoms with E-state index < -0.39 is 0 Å². The van der Waals surface area contributed by atoms with Gasteiger partial charge in [-0.2, -0.15) is 5.10 Å². The fourth-order valence-corrected chi connectivity index (χ4v) is 2.36. The summed E-state index contributed by atoms with van der Waals surface area (Å²) in [6.07, 6.45) is 3.01. The van der Waals surface area contributed by atoms with E-state index in [0.29, 0.717) is 5.11 Å². The molecule has 124 valence electrons. The number of anilines is 1. The molecule has 0 aliphatic carbocycles. The molecule has 2 rings (SSSR count). The Morgan fingerprint density at radius 2 is 1.96 bits per heavy atom. The third kappa shape index (κ3) is 6.38. The van der Waals surface area contributed by atoms with E-state index in [2.05, 4.69) is 65.9 Å². The fourth-order valence-electron chi connectivity index (χ4n) is 2.15. The highest BCUT2D eigenvalue weighted by atomic mass is 32.1. The molecule has 1 aromatic heterocycles. The van der Waals surface area contributed by atoms with Gasteiger partial charge in [0.25, 0.3) is 0 Å². The van der Waals surface area contributed by atoms with E-state index in [9.17, 15) is 0 Å². The van der Waals surface area contributed by atoms with Crippen LogP contribution in [0.2, 0.25) is 0 Å². The fraction of sp³-hybridized carbons (Fsp3) is 0.412. The van der Waals surface area contributed by atoms with Gasteiger partial charge in [-0.3, -0.25) is 4.68 Å². The zero-order chi connectivity index (χ0) is 16.7. The minimum absolute atomic E-state index is 0.615. The van der Waals surface area contributed by atoms with Crippen LogP contribution in [0.3, 0.4) is 0 Å². The lowest BCUT2D eigenvalue weighted by atomic mass is 10.1. The van der Waals surface area contributed by atoms with Crippen molar-refractivity contribution in [3.05, 3.63) is 47.7 Å². The number of aryl methyl sites for hydroxylation is 1. The minimum Gasteiger partial charge on any atom is -0.362 e. The van der Waals surface area contributed by atoms with Gasteiger partial charge in [0.15, 0.2) is 10.9 Å². The normalized spacial score (nSPS) is 10.8. The molecule has 1 heterocycles. The summed E-state index contributed by atoms with van der Waals surface area (Å²) >= 11 is 5.28. The van der Waals surface area contributed by atoms with Gasteiger partial charge in [-0.05, 0) is 51.8 Å². The molecule has 0 saturated heterocycles. The summed E-state index contributed by atoms with van der Waals surface area (Å²) in [5, 5.41) is 11.4. The minimum atomic E-state index is 0.615.